The van der Waals surface area contributed by atoms with Crippen molar-refractivity contribution in [2.75, 3.05) is 36.4 Å². The molecule has 0 aliphatic carbocycles. The number of aryl methyl sites for hydroxylation is 2. The van der Waals surface area contributed by atoms with Crippen LogP contribution < -0.4 is 10.2 Å². The van der Waals surface area contributed by atoms with Crippen LogP contribution in [-0.4, -0.2) is 42.1 Å². The summed E-state index contributed by atoms with van der Waals surface area (Å²) in [5, 5.41) is 13.5. The number of fused-ring (bicyclic) bond motifs is 1. The van der Waals surface area contributed by atoms with Crippen LogP contribution >= 0.6 is 0 Å². The van der Waals surface area contributed by atoms with Crippen molar-refractivity contribution in [3.8, 4) is 6.07 Å². The van der Waals surface area contributed by atoms with Gasteiger partial charge in [0.05, 0.1) is 11.1 Å². The molecule has 1 aliphatic rings. The number of aromatic nitrogens is 1. The van der Waals surface area contributed by atoms with E-state index < -0.39 is 0 Å². The smallest absolute Gasteiger partial charge is 0.321 e. The number of carbonyl (C=O) groups is 1. The largest absolute Gasteiger partial charge is 0.352 e. The average molecular weight is 385 g/mol. The van der Waals surface area contributed by atoms with Gasteiger partial charge in [-0.1, -0.05) is 29.3 Å². The van der Waals surface area contributed by atoms with Crippen LogP contribution in [0.25, 0.3) is 10.9 Å². The molecule has 1 N–H and O–H groups in total. The van der Waals surface area contributed by atoms with Crippen LogP contribution in [0.4, 0.5) is 16.3 Å². The third-order valence-electron chi connectivity index (χ3n) is 5.24. The van der Waals surface area contributed by atoms with Gasteiger partial charge in [-0.3, -0.25) is 0 Å². The van der Waals surface area contributed by atoms with Gasteiger partial charge in [0, 0.05) is 37.3 Å². The third-order valence-corrected chi connectivity index (χ3v) is 5.24. The number of anilines is 2. The second-order valence-corrected chi connectivity index (χ2v) is 7.44. The molecule has 0 saturated carbocycles. The summed E-state index contributed by atoms with van der Waals surface area (Å²) in [4.78, 5) is 21.2. The van der Waals surface area contributed by atoms with E-state index in [4.69, 9.17) is 4.98 Å². The van der Waals surface area contributed by atoms with Crippen LogP contribution in [0.5, 0.6) is 0 Å². The second kappa shape index (κ2) is 7.80. The number of rotatable bonds is 2. The quantitative estimate of drug-likeness (QED) is 0.722. The molecule has 6 heteroatoms. The fourth-order valence-corrected chi connectivity index (χ4v) is 3.57. The maximum absolute atomic E-state index is 12.6. The summed E-state index contributed by atoms with van der Waals surface area (Å²) >= 11 is 0. The summed E-state index contributed by atoms with van der Waals surface area (Å²) in [5.74, 6) is 0.697. The molecule has 146 valence electrons. The van der Waals surface area contributed by atoms with Gasteiger partial charge < -0.3 is 15.1 Å². The van der Waals surface area contributed by atoms with Crippen LogP contribution in [0, 0.1) is 25.2 Å². The minimum atomic E-state index is -0.101. The van der Waals surface area contributed by atoms with Gasteiger partial charge >= 0.3 is 6.03 Å². The first kappa shape index (κ1) is 18.8. The SMILES string of the molecule is Cc1ccc(NC(=O)N2CCN(c3nc4ccc(C)cc4cc3C#N)CC2)cc1. The lowest BCUT2D eigenvalue weighted by atomic mass is 10.1. The number of pyridine rings is 1. The van der Waals surface area contributed by atoms with Gasteiger partial charge in [-0.2, -0.15) is 5.26 Å². The summed E-state index contributed by atoms with van der Waals surface area (Å²) in [5.41, 5.74) is 4.54. The fourth-order valence-electron chi connectivity index (χ4n) is 3.57. The van der Waals surface area contributed by atoms with Gasteiger partial charge in [0.15, 0.2) is 0 Å². The van der Waals surface area contributed by atoms with Crippen molar-refractivity contribution in [2.45, 2.75) is 13.8 Å². The lowest BCUT2D eigenvalue weighted by molar-refractivity contribution is 0.208. The van der Waals surface area contributed by atoms with E-state index in [0.29, 0.717) is 37.6 Å². The van der Waals surface area contributed by atoms with Crippen LogP contribution in [0.15, 0.2) is 48.5 Å². The first-order valence-electron chi connectivity index (χ1n) is 9.72. The van der Waals surface area contributed by atoms with Crippen LogP contribution in [0.1, 0.15) is 16.7 Å². The van der Waals surface area contributed by atoms with E-state index in [9.17, 15) is 10.1 Å². The lowest BCUT2D eigenvalue weighted by Gasteiger charge is -2.35. The Kier molecular flexibility index (Phi) is 5.05. The molecule has 1 aliphatic heterocycles. The Morgan fingerprint density at radius 1 is 1.00 bits per heavy atom. The summed E-state index contributed by atoms with van der Waals surface area (Å²) in [7, 11) is 0. The summed E-state index contributed by atoms with van der Waals surface area (Å²) < 4.78 is 0. The van der Waals surface area contributed by atoms with Crippen LogP contribution in [-0.2, 0) is 0 Å². The topological polar surface area (TPSA) is 72.3 Å². The Morgan fingerprint density at radius 3 is 2.38 bits per heavy atom. The summed E-state index contributed by atoms with van der Waals surface area (Å²) in [6, 6.07) is 17.9. The number of urea groups is 1. The van der Waals surface area contributed by atoms with E-state index in [1.165, 1.54) is 0 Å². The molecule has 29 heavy (non-hydrogen) atoms. The fraction of sp³-hybridized carbons (Fsp3) is 0.261. The average Bonchev–Trinajstić information content (AvgIpc) is 2.74. The number of piperazine rings is 1. The van der Waals surface area contributed by atoms with E-state index in [0.717, 1.165) is 27.7 Å². The Labute approximate surface area is 170 Å². The zero-order valence-corrected chi connectivity index (χ0v) is 16.6. The van der Waals surface area contributed by atoms with Crippen molar-refractivity contribution < 1.29 is 4.79 Å². The highest BCUT2D eigenvalue weighted by atomic mass is 16.2. The first-order valence-corrected chi connectivity index (χ1v) is 9.72. The molecule has 0 bridgehead atoms. The maximum atomic E-state index is 12.6. The lowest BCUT2D eigenvalue weighted by Crippen LogP contribution is -2.50. The molecule has 4 rings (SSSR count). The third kappa shape index (κ3) is 3.99. The Morgan fingerprint density at radius 2 is 1.69 bits per heavy atom. The summed E-state index contributed by atoms with van der Waals surface area (Å²) in [6.45, 7) is 6.48. The Balaban J connectivity index is 1.46. The van der Waals surface area contributed by atoms with Gasteiger partial charge in [0.25, 0.3) is 0 Å². The Bertz CT molecular complexity index is 1090. The van der Waals surface area contributed by atoms with Crippen molar-refractivity contribution in [3.63, 3.8) is 0 Å². The number of nitrogens with zero attached hydrogens (tertiary/aromatic N) is 4. The molecule has 2 heterocycles. The zero-order chi connectivity index (χ0) is 20.4. The van der Waals surface area contributed by atoms with Crippen LogP contribution in [0.3, 0.4) is 0 Å². The van der Waals surface area contributed by atoms with Gasteiger partial charge in [-0.05, 0) is 44.2 Å². The molecule has 0 radical (unpaired) electrons. The van der Waals surface area contributed by atoms with Crippen molar-refractivity contribution in [1.82, 2.24) is 9.88 Å². The molecule has 2 amide bonds. The standard InChI is InChI=1S/C23H23N5O/c1-16-3-6-20(7-4-16)25-23(29)28-11-9-27(10-12-28)22-19(15-24)14-18-13-17(2)5-8-21(18)26-22/h3-8,13-14H,9-12H2,1-2H3,(H,25,29). The van der Waals surface area contributed by atoms with Crippen LogP contribution in [0.2, 0.25) is 0 Å². The molecular formula is C23H23N5O. The molecule has 0 unspecified atom stereocenters. The first-order chi connectivity index (χ1) is 14.0. The van der Waals surface area contributed by atoms with Gasteiger partial charge in [-0.15, -0.1) is 0 Å². The molecule has 1 aromatic heterocycles. The predicted molar refractivity (Wildman–Crippen MR) is 115 cm³/mol. The zero-order valence-electron chi connectivity index (χ0n) is 16.6. The van der Waals surface area contributed by atoms with E-state index in [2.05, 4.69) is 16.3 Å². The van der Waals surface area contributed by atoms with E-state index in [1.807, 2.05) is 62.4 Å². The van der Waals surface area contributed by atoms with E-state index in [-0.39, 0.29) is 6.03 Å². The van der Waals surface area contributed by atoms with Crippen molar-refractivity contribution in [2.24, 2.45) is 0 Å². The second-order valence-electron chi connectivity index (χ2n) is 7.44. The van der Waals surface area contributed by atoms with E-state index in [1.54, 1.807) is 4.90 Å². The highest BCUT2D eigenvalue weighted by molar-refractivity contribution is 5.89. The normalized spacial score (nSPS) is 14.0. The molecule has 2 aromatic carbocycles. The van der Waals surface area contributed by atoms with Gasteiger partial charge in [0.1, 0.15) is 11.9 Å². The highest BCUT2D eigenvalue weighted by Crippen LogP contribution is 2.25. The number of hydrogen-bond donors (Lipinski definition) is 1. The summed E-state index contributed by atoms with van der Waals surface area (Å²) in [6.07, 6.45) is 0. The number of nitrogens with one attached hydrogen (secondary N) is 1. The molecule has 3 aromatic rings. The molecule has 1 fully saturated rings. The number of amides is 2. The minimum Gasteiger partial charge on any atom is -0.352 e. The van der Waals surface area contributed by atoms with Crippen molar-refractivity contribution in [3.05, 3.63) is 65.2 Å². The molecule has 1 saturated heterocycles. The number of carbonyl (C=O) groups excluding carboxylic acids is 1. The molecule has 0 atom stereocenters. The maximum Gasteiger partial charge on any atom is 0.321 e. The number of nitriles is 1. The molecule has 0 spiro atoms. The number of hydrogen-bond acceptors (Lipinski definition) is 4. The number of benzene rings is 2. The van der Waals surface area contributed by atoms with Gasteiger partial charge in [0.2, 0.25) is 0 Å². The van der Waals surface area contributed by atoms with Gasteiger partial charge in [-0.25, -0.2) is 9.78 Å². The van der Waals surface area contributed by atoms with Crippen molar-refractivity contribution >= 4 is 28.4 Å². The highest BCUT2D eigenvalue weighted by Gasteiger charge is 2.24. The Hall–Kier alpha value is -3.59. The van der Waals surface area contributed by atoms with Crippen molar-refractivity contribution in [1.29, 1.82) is 5.26 Å². The predicted octanol–water partition coefficient (Wildman–Crippen LogP) is 4.08. The van der Waals surface area contributed by atoms with E-state index >= 15 is 0 Å². The monoisotopic (exact) mass is 385 g/mol. The molecular weight excluding hydrogens is 362 g/mol. The molecule has 6 nitrogen and oxygen atoms in total. The minimum absolute atomic E-state index is 0.101.